The van der Waals surface area contributed by atoms with Gasteiger partial charge in [0.15, 0.2) is 0 Å². The minimum absolute atomic E-state index is 0.209. The fraction of sp³-hybridized carbons (Fsp3) is 0.333. The predicted octanol–water partition coefficient (Wildman–Crippen LogP) is 3.39. The molecule has 3 aromatic rings. The zero-order chi connectivity index (χ0) is 17.9. The first kappa shape index (κ1) is 16.6. The number of piperidine rings is 1. The summed E-state index contributed by atoms with van der Waals surface area (Å²) in [7, 11) is 0. The van der Waals surface area contributed by atoms with Gasteiger partial charge in [-0.15, -0.1) is 0 Å². The number of carbonyl (C=O) groups excluding carboxylic acids is 1. The van der Waals surface area contributed by atoms with Crippen LogP contribution in [0.15, 0.2) is 61.2 Å². The summed E-state index contributed by atoms with van der Waals surface area (Å²) in [6, 6.07) is 12.6. The van der Waals surface area contributed by atoms with Crippen LogP contribution in [0.3, 0.4) is 0 Å². The highest BCUT2D eigenvalue weighted by molar-refractivity contribution is 5.79. The quantitative estimate of drug-likeness (QED) is 0.725. The largest absolute Gasteiger partial charge is 0.340 e. The number of rotatable bonds is 4. The van der Waals surface area contributed by atoms with Crippen molar-refractivity contribution in [3.63, 3.8) is 0 Å². The van der Waals surface area contributed by atoms with Gasteiger partial charge < -0.3 is 14.0 Å². The molecule has 1 aliphatic heterocycles. The zero-order valence-corrected chi connectivity index (χ0v) is 15.1. The van der Waals surface area contributed by atoms with Gasteiger partial charge in [0.1, 0.15) is 5.82 Å². The summed E-state index contributed by atoms with van der Waals surface area (Å²) in [5.41, 5.74) is 2.17. The summed E-state index contributed by atoms with van der Waals surface area (Å²) >= 11 is 0. The Hall–Kier alpha value is -2.82. The van der Waals surface area contributed by atoms with Gasteiger partial charge >= 0.3 is 0 Å². The van der Waals surface area contributed by atoms with Crippen LogP contribution in [0.5, 0.6) is 0 Å². The van der Waals surface area contributed by atoms with Gasteiger partial charge in [-0.3, -0.25) is 4.79 Å². The Bertz CT molecular complexity index is 864. The third-order valence-electron chi connectivity index (χ3n) is 5.20. The van der Waals surface area contributed by atoms with E-state index in [0.717, 1.165) is 43.0 Å². The Balaban J connectivity index is 1.40. The van der Waals surface area contributed by atoms with Crippen molar-refractivity contribution in [1.29, 1.82) is 0 Å². The Morgan fingerprint density at radius 1 is 1.15 bits per heavy atom. The van der Waals surface area contributed by atoms with E-state index in [1.807, 2.05) is 48.7 Å². The van der Waals surface area contributed by atoms with Gasteiger partial charge in [-0.25, -0.2) is 4.98 Å². The molecule has 0 aliphatic carbocycles. The molecule has 1 unspecified atom stereocenters. The summed E-state index contributed by atoms with van der Waals surface area (Å²) < 4.78 is 4.26. The molecule has 1 saturated heterocycles. The van der Waals surface area contributed by atoms with E-state index in [-0.39, 0.29) is 5.91 Å². The summed E-state index contributed by atoms with van der Waals surface area (Å²) in [6.45, 7) is 3.65. The molecule has 0 N–H and O–H groups in total. The predicted molar refractivity (Wildman–Crippen MR) is 101 cm³/mol. The molecule has 0 radical (unpaired) electrons. The molecule has 5 nitrogen and oxygen atoms in total. The second-order valence-electron chi connectivity index (χ2n) is 6.95. The van der Waals surface area contributed by atoms with E-state index >= 15 is 0 Å². The molecule has 1 aromatic carbocycles. The van der Waals surface area contributed by atoms with Crippen LogP contribution in [0, 0.1) is 6.92 Å². The number of hydrogen-bond donors (Lipinski definition) is 0. The summed E-state index contributed by atoms with van der Waals surface area (Å²) in [6.07, 6.45) is 10.5. The highest BCUT2D eigenvalue weighted by atomic mass is 16.2. The Labute approximate surface area is 153 Å². The number of likely N-dealkylation sites (tertiary alicyclic amines) is 1. The summed E-state index contributed by atoms with van der Waals surface area (Å²) in [5.74, 6) is 1.23. The van der Waals surface area contributed by atoms with Crippen LogP contribution in [-0.4, -0.2) is 38.0 Å². The first-order valence-corrected chi connectivity index (χ1v) is 9.20. The molecular formula is C21H24N4O. The van der Waals surface area contributed by atoms with Crippen molar-refractivity contribution >= 4 is 5.91 Å². The van der Waals surface area contributed by atoms with Gasteiger partial charge in [-0.05, 0) is 49.6 Å². The molecule has 0 bridgehead atoms. The normalized spacial score (nSPS) is 17.4. The number of nitrogens with zero attached hydrogens (tertiary/aromatic N) is 4. The summed E-state index contributed by atoms with van der Waals surface area (Å²) in [5, 5.41) is 0. The molecule has 0 spiro atoms. The molecule has 4 rings (SSSR count). The molecule has 1 amide bonds. The van der Waals surface area contributed by atoms with Gasteiger partial charge in [0.05, 0.1) is 12.5 Å². The number of aryl methyl sites for hydroxylation is 1. The van der Waals surface area contributed by atoms with Crippen molar-refractivity contribution in [2.45, 2.75) is 32.2 Å². The van der Waals surface area contributed by atoms with Crippen molar-refractivity contribution < 1.29 is 4.79 Å². The van der Waals surface area contributed by atoms with Crippen LogP contribution in [0.2, 0.25) is 0 Å². The zero-order valence-electron chi connectivity index (χ0n) is 15.1. The Kier molecular flexibility index (Phi) is 4.61. The molecule has 0 saturated carbocycles. The second kappa shape index (κ2) is 7.20. The number of benzene rings is 1. The Morgan fingerprint density at radius 2 is 1.92 bits per heavy atom. The van der Waals surface area contributed by atoms with E-state index in [1.54, 1.807) is 0 Å². The maximum Gasteiger partial charge on any atom is 0.227 e. The minimum Gasteiger partial charge on any atom is -0.340 e. The number of carbonyl (C=O) groups is 1. The lowest BCUT2D eigenvalue weighted by molar-refractivity contribution is -0.132. The molecule has 1 atom stereocenters. The summed E-state index contributed by atoms with van der Waals surface area (Å²) in [4.78, 5) is 19.1. The average molecular weight is 348 g/mol. The topological polar surface area (TPSA) is 43.1 Å². The molecule has 26 heavy (non-hydrogen) atoms. The molecule has 134 valence electrons. The first-order valence-electron chi connectivity index (χ1n) is 9.20. The van der Waals surface area contributed by atoms with Crippen LogP contribution in [0.4, 0.5) is 0 Å². The van der Waals surface area contributed by atoms with Crippen LogP contribution < -0.4 is 0 Å². The maximum absolute atomic E-state index is 12.8. The molecule has 2 aromatic heterocycles. The average Bonchev–Trinajstić information content (AvgIpc) is 3.34. The molecule has 1 aliphatic rings. The lowest BCUT2D eigenvalue weighted by atomic mass is 10.0. The number of imidazole rings is 1. The Morgan fingerprint density at radius 3 is 2.62 bits per heavy atom. The van der Waals surface area contributed by atoms with E-state index in [1.165, 1.54) is 0 Å². The van der Waals surface area contributed by atoms with E-state index in [4.69, 9.17) is 0 Å². The minimum atomic E-state index is 0.209. The van der Waals surface area contributed by atoms with E-state index in [0.29, 0.717) is 12.5 Å². The SMILES string of the molecule is Cc1nccn1C1CCCN(C(=O)Cc2ccc(-n3cccc3)cc2)C1. The molecule has 3 heterocycles. The van der Waals surface area contributed by atoms with Crippen LogP contribution in [0.1, 0.15) is 30.3 Å². The number of hydrogen-bond acceptors (Lipinski definition) is 2. The number of aromatic nitrogens is 3. The monoisotopic (exact) mass is 348 g/mol. The lowest BCUT2D eigenvalue weighted by Crippen LogP contribution is -2.41. The van der Waals surface area contributed by atoms with Crippen molar-refractivity contribution in [3.8, 4) is 5.69 Å². The van der Waals surface area contributed by atoms with Gasteiger partial charge in [-0.1, -0.05) is 12.1 Å². The molecule has 1 fully saturated rings. The highest BCUT2D eigenvalue weighted by Gasteiger charge is 2.25. The van der Waals surface area contributed by atoms with E-state index in [2.05, 4.69) is 38.4 Å². The van der Waals surface area contributed by atoms with Crippen molar-refractivity contribution in [3.05, 3.63) is 72.6 Å². The van der Waals surface area contributed by atoms with Crippen LogP contribution in [-0.2, 0) is 11.2 Å². The van der Waals surface area contributed by atoms with Gasteiger partial charge in [0.25, 0.3) is 0 Å². The van der Waals surface area contributed by atoms with Crippen LogP contribution in [0.25, 0.3) is 5.69 Å². The maximum atomic E-state index is 12.8. The standard InChI is InChI=1S/C21H24N4O/c1-17-22-10-14-25(17)20-5-4-13-24(16-20)21(26)15-18-6-8-19(9-7-18)23-11-2-3-12-23/h2-3,6-12,14,20H,4-5,13,15-16H2,1H3. The van der Waals surface area contributed by atoms with Crippen LogP contribution >= 0.6 is 0 Å². The first-order chi connectivity index (χ1) is 12.7. The third-order valence-corrected chi connectivity index (χ3v) is 5.20. The second-order valence-corrected chi connectivity index (χ2v) is 6.95. The number of amides is 1. The van der Waals surface area contributed by atoms with E-state index in [9.17, 15) is 4.79 Å². The smallest absolute Gasteiger partial charge is 0.227 e. The molecule has 5 heteroatoms. The van der Waals surface area contributed by atoms with Crippen molar-refractivity contribution in [2.75, 3.05) is 13.1 Å². The van der Waals surface area contributed by atoms with Gasteiger partial charge in [0, 0.05) is 43.6 Å². The van der Waals surface area contributed by atoms with Gasteiger partial charge in [-0.2, -0.15) is 0 Å². The fourth-order valence-corrected chi connectivity index (χ4v) is 3.76. The van der Waals surface area contributed by atoms with E-state index < -0.39 is 0 Å². The lowest BCUT2D eigenvalue weighted by Gasteiger charge is -2.34. The highest BCUT2D eigenvalue weighted by Crippen LogP contribution is 2.23. The van der Waals surface area contributed by atoms with Gasteiger partial charge in [0.2, 0.25) is 5.91 Å². The molecular weight excluding hydrogens is 324 g/mol. The third kappa shape index (κ3) is 3.43. The van der Waals surface area contributed by atoms with Crippen molar-refractivity contribution in [2.24, 2.45) is 0 Å². The van der Waals surface area contributed by atoms with Crippen molar-refractivity contribution in [1.82, 2.24) is 19.0 Å². The fourth-order valence-electron chi connectivity index (χ4n) is 3.76.